The van der Waals surface area contributed by atoms with Gasteiger partial charge in [-0.15, -0.1) is 11.8 Å². The van der Waals surface area contributed by atoms with Crippen LogP contribution < -0.4 is 5.32 Å². The van der Waals surface area contributed by atoms with Crippen molar-refractivity contribution in [3.8, 4) is 23.0 Å². The minimum atomic E-state index is -0.302. The summed E-state index contributed by atoms with van der Waals surface area (Å²) in [5, 5.41) is 7.29. The van der Waals surface area contributed by atoms with Crippen LogP contribution in [0.1, 0.15) is 11.3 Å². The van der Waals surface area contributed by atoms with E-state index in [2.05, 4.69) is 15.5 Å². The lowest BCUT2D eigenvalue weighted by molar-refractivity contribution is -0.118. The summed E-state index contributed by atoms with van der Waals surface area (Å²) in [6.45, 7) is 0.357. The van der Waals surface area contributed by atoms with Gasteiger partial charge in [0.15, 0.2) is 5.76 Å². The van der Waals surface area contributed by atoms with Gasteiger partial charge in [-0.05, 0) is 42.0 Å². The molecule has 0 aliphatic rings. The van der Waals surface area contributed by atoms with Crippen molar-refractivity contribution in [1.29, 1.82) is 0 Å². The van der Waals surface area contributed by atoms with Crippen molar-refractivity contribution in [3.63, 3.8) is 0 Å². The first-order chi connectivity index (χ1) is 15.1. The fourth-order valence-corrected chi connectivity index (χ4v) is 3.71. The first-order valence-corrected chi connectivity index (χ1v) is 10.9. The van der Waals surface area contributed by atoms with E-state index in [4.69, 9.17) is 20.5 Å². The standard InChI is InChI=1S/C22H17ClFN3O3S/c23-18-4-2-1-3-17(18)21-26-22(30-27-21)19-10-9-16(29-19)12-31-13-20(28)25-11-14-5-7-15(24)8-6-14/h1-10H,11-13H2,(H,25,28). The molecule has 0 atom stereocenters. The zero-order valence-corrected chi connectivity index (χ0v) is 17.8. The van der Waals surface area contributed by atoms with Crippen LogP contribution in [-0.4, -0.2) is 21.8 Å². The van der Waals surface area contributed by atoms with Gasteiger partial charge in [-0.3, -0.25) is 4.79 Å². The minimum Gasteiger partial charge on any atom is -0.455 e. The van der Waals surface area contributed by atoms with Gasteiger partial charge in [0.25, 0.3) is 5.89 Å². The van der Waals surface area contributed by atoms with Crippen molar-refractivity contribution in [1.82, 2.24) is 15.5 Å². The lowest BCUT2D eigenvalue weighted by Gasteiger charge is -2.05. The molecular formula is C22H17ClFN3O3S. The van der Waals surface area contributed by atoms with Gasteiger partial charge < -0.3 is 14.3 Å². The van der Waals surface area contributed by atoms with Gasteiger partial charge >= 0.3 is 0 Å². The molecule has 0 aliphatic carbocycles. The van der Waals surface area contributed by atoms with Gasteiger partial charge in [-0.25, -0.2) is 4.39 Å². The quantitative estimate of drug-likeness (QED) is 0.384. The van der Waals surface area contributed by atoms with E-state index in [1.54, 1.807) is 30.3 Å². The molecule has 158 valence electrons. The topological polar surface area (TPSA) is 81.2 Å². The largest absolute Gasteiger partial charge is 0.455 e. The molecule has 0 unspecified atom stereocenters. The number of benzene rings is 2. The average molecular weight is 458 g/mol. The fraction of sp³-hybridized carbons (Fsp3) is 0.136. The van der Waals surface area contributed by atoms with Gasteiger partial charge in [0.1, 0.15) is 11.6 Å². The lowest BCUT2D eigenvalue weighted by Crippen LogP contribution is -2.24. The SMILES string of the molecule is O=C(CSCc1ccc(-c2nc(-c3ccccc3Cl)no2)o1)NCc1ccc(F)cc1. The average Bonchev–Trinajstić information content (AvgIpc) is 3.43. The Morgan fingerprint density at radius 1 is 1.10 bits per heavy atom. The number of hydrogen-bond donors (Lipinski definition) is 1. The van der Waals surface area contributed by atoms with Crippen molar-refractivity contribution in [2.24, 2.45) is 0 Å². The molecule has 2 heterocycles. The van der Waals surface area contributed by atoms with E-state index in [1.807, 2.05) is 18.2 Å². The number of nitrogens with one attached hydrogen (secondary N) is 1. The first kappa shape index (κ1) is 21.1. The fourth-order valence-electron chi connectivity index (χ4n) is 2.74. The number of amides is 1. The maximum atomic E-state index is 12.9. The van der Waals surface area contributed by atoms with Crippen LogP contribution in [0.2, 0.25) is 5.02 Å². The lowest BCUT2D eigenvalue weighted by atomic mass is 10.2. The van der Waals surface area contributed by atoms with Crippen LogP contribution in [0.5, 0.6) is 0 Å². The van der Waals surface area contributed by atoms with Crippen molar-refractivity contribution in [2.45, 2.75) is 12.3 Å². The molecule has 0 saturated carbocycles. The van der Waals surface area contributed by atoms with Gasteiger partial charge in [0.2, 0.25) is 11.7 Å². The Morgan fingerprint density at radius 2 is 1.90 bits per heavy atom. The number of thioether (sulfide) groups is 1. The Morgan fingerprint density at radius 3 is 2.71 bits per heavy atom. The van der Waals surface area contributed by atoms with Crippen LogP contribution >= 0.6 is 23.4 Å². The summed E-state index contributed by atoms with van der Waals surface area (Å²) in [6.07, 6.45) is 0. The Labute approximate surface area is 186 Å². The van der Waals surface area contributed by atoms with E-state index in [0.29, 0.717) is 40.2 Å². The Bertz CT molecular complexity index is 1180. The molecule has 1 amide bonds. The van der Waals surface area contributed by atoms with E-state index in [-0.39, 0.29) is 23.4 Å². The summed E-state index contributed by atoms with van der Waals surface area (Å²) in [6, 6.07) is 16.8. The molecule has 31 heavy (non-hydrogen) atoms. The zero-order valence-electron chi connectivity index (χ0n) is 16.2. The molecule has 4 aromatic rings. The number of aromatic nitrogens is 2. The highest BCUT2D eigenvalue weighted by molar-refractivity contribution is 7.99. The molecule has 6 nitrogen and oxygen atoms in total. The molecule has 2 aromatic heterocycles. The highest BCUT2D eigenvalue weighted by Crippen LogP contribution is 2.28. The van der Waals surface area contributed by atoms with Crippen molar-refractivity contribution in [3.05, 3.63) is 82.8 Å². The van der Waals surface area contributed by atoms with Crippen molar-refractivity contribution >= 4 is 29.3 Å². The second-order valence-corrected chi connectivity index (χ2v) is 7.96. The molecule has 0 fully saturated rings. The Kier molecular flexibility index (Phi) is 6.69. The molecule has 0 radical (unpaired) electrons. The molecule has 9 heteroatoms. The summed E-state index contributed by atoms with van der Waals surface area (Å²) < 4.78 is 23.9. The number of nitrogens with zero attached hydrogens (tertiary/aromatic N) is 2. The van der Waals surface area contributed by atoms with E-state index in [9.17, 15) is 9.18 Å². The van der Waals surface area contributed by atoms with Gasteiger partial charge in [-0.1, -0.05) is 41.0 Å². The van der Waals surface area contributed by atoms with Gasteiger partial charge in [-0.2, -0.15) is 4.98 Å². The van der Waals surface area contributed by atoms with Crippen LogP contribution in [0.4, 0.5) is 4.39 Å². The van der Waals surface area contributed by atoms with E-state index < -0.39 is 0 Å². The molecular weight excluding hydrogens is 441 g/mol. The summed E-state index contributed by atoms with van der Waals surface area (Å²) in [7, 11) is 0. The van der Waals surface area contributed by atoms with Crippen LogP contribution in [0, 0.1) is 5.82 Å². The molecule has 1 N–H and O–H groups in total. The third kappa shape index (κ3) is 5.53. The zero-order chi connectivity index (χ0) is 21.6. The third-order valence-electron chi connectivity index (χ3n) is 4.29. The highest BCUT2D eigenvalue weighted by atomic mass is 35.5. The number of furan rings is 1. The van der Waals surface area contributed by atoms with Crippen molar-refractivity contribution in [2.75, 3.05) is 5.75 Å². The predicted molar refractivity (Wildman–Crippen MR) is 117 cm³/mol. The Balaban J connectivity index is 1.27. The summed E-state index contributed by atoms with van der Waals surface area (Å²) in [5.41, 5.74) is 1.51. The molecule has 2 aromatic carbocycles. The van der Waals surface area contributed by atoms with E-state index in [1.165, 1.54) is 23.9 Å². The summed E-state index contributed by atoms with van der Waals surface area (Å²) in [5.74, 6) is 2.13. The number of halogens is 2. The summed E-state index contributed by atoms with van der Waals surface area (Å²) >= 11 is 7.58. The van der Waals surface area contributed by atoms with Crippen LogP contribution in [0.15, 0.2) is 69.6 Å². The van der Waals surface area contributed by atoms with Crippen LogP contribution in [-0.2, 0) is 17.1 Å². The smallest absolute Gasteiger partial charge is 0.293 e. The number of hydrogen-bond acceptors (Lipinski definition) is 6. The minimum absolute atomic E-state index is 0.109. The maximum Gasteiger partial charge on any atom is 0.293 e. The predicted octanol–water partition coefficient (Wildman–Crippen LogP) is 5.34. The number of rotatable bonds is 8. The third-order valence-corrected chi connectivity index (χ3v) is 5.58. The number of carbonyl (C=O) groups excluding carboxylic acids is 1. The van der Waals surface area contributed by atoms with Gasteiger partial charge in [0.05, 0.1) is 16.5 Å². The normalized spacial score (nSPS) is 10.9. The van der Waals surface area contributed by atoms with Gasteiger partial charge in [0, 0.05) is 12.1 Å². The molecule has 0 aliphatic heterocycles. The molecule has 0 bridgehead atoms. The second kappa shape index (κ2) is 9.80. The molecule has 0 spiro atoms. The highest BCUT2D eigenvalue weighted by Gasteiger charge is 2.16. The van der Waals surface area contributed by atoms with E-state index >= 15 is 0 Å². The van der Waals surface area contributed by atoms with Crippen LogP contribution in [0.25, 0.3) is 23.0 Å². The molecule has 4 rings (SSSR count). The Hall–Kier alpha value is -3.10. The monoisotopic (exact) mass is 457 g/mol. The number of carbonyl (C=O) groups is 1. The maximum absolute atomic E-state index is 12.9. The molecule has 0 saturated heterocycles. The first-order valence-electron chi connectivity index (χ1n) is 9.35. The van der Waals surface area contributed by atoms with Crippen LogP contribution in [0.3, 0.4) is 0 Å². The van der Waals surface area contributed by atoms with E-state index in [0.717, 1.165) is 5.56 Å². The van der Waals surface area contributed by atoms with Crippen molar-refractivity contribution < 1.29 is 18.1 Å². The second-order valence-electron chi connectivity index (χ2n) is 6.56. The summed E-state index contributed by atoms with van der Waals surface area (Å²) in [4.78, 5) is 16.3.